The van der Waals surface area contributed by atoms with Gasteiger partial charge in [0.25, 0.3) is 11.6 Å². The number of aromatic nitrogens is 2. The topological polar surface area (TPSA) is 88.2 Å². The summed E-state index contributed by atoms with van der Waals surface area (Å²) in [5.74, 6) is -0.252. The molecule has 0 fully saturated rings. The maximum Gasteiger partial charge on any atom is 0.257 e. The number of carbonyl (C=O) groups excluding carboxylic acids is 1. The Morgan fingerprint density at radius 2 is 2.15 bits per heavy atom. The summed E-state index contributed by atoms with van der Waals surface area (Å²) in [4.78, 5) is 16.4. The number of pyridine rings is 1. The van der Waals surface area contributed by atoms with Crippen LogP contribution in [0.15, 0.2) is 16.8 Å². The van der Waals surface area contributed by atoms with Gasteiger partial charge in [0.1, 0.15) is 0 Å². The van der Waals surface area contributed by atoms with E-state index in [4.69, 9.17) is 4.52 Å². The third kappa shape index (κ3) is 2.51. The predicted octanol–water partition coefficient (Wildman–Crippen LogP) is 1.81. The van der Waals surface area contributed by atoms with Gasteiger partial charge in [-0.05, 0) is 25.8 Å². The predicted molar refractivity (Wildman–Crippen MR) is 74.4 cm³/mol. The van der Waals surface area contributed by atoms with Gasteiger partial charge in [0, 0.05) is 6.20 Å². The van der Waals surface area contributed by atoms with E-state index < -0.39 is 5.54 Å². The second-order valence-corrected chi connectivity index (χ2v) is 4.94. The lowest BCUT2D eigenvalue weighted by molar-refractivity contribution is 0.0817. The quantitative estimate of drug-likeness (QED) is 0.870. The largest absolute Gasteiger partial charge is 0.394 e. The molecule has 0 saturated heterocycles. The van der Waals surface area contributed by atoms with E-state index in [0.717, 1.165) is 5.39 Å². The Bertz CT molecular complexity index is 609. The van der Waals surface area contributed by atoms with Gasteiger partial charge in [-0.3, -0.25) is 4.79 Å². The zero-order chi connectivity index (χ0) is 14.8. The highest BCUT2D eigenvalue weighted by molar-refractivity contribution is 5.97. The van der Waals surface area contributed by atoms with Crippen molar-refractivity contribution in [1.29, 1.82) is 0 Å². The number of hydrogen-bond acceptors (Lipinski definition) is 5. The van der Waals surface area contributed by atoms with E-state index in [0.29, 0.717) is 29.8 Å². The normalized spacial score (nSPS) is 11.8. The van der Waals surface area contributed by atoms with Gasteiger partial charge in [0.15, 0.2) is 0 Å². The number of hydrogen-bond donors (Lipinski definition) is 2. The van der Waals surface area contributed by atoms with Gasteiger partial charge in [-0.2, -0.15) is 0 Å². The fraction of sp³-hybridized carbons (Fsp3) is 0.500. The number of nitrogens with zero attached hydrogens (tertiary/aromatic N) is 2. The first kappa shape index (κ1) is 14.5. The van der Waals surface area contributed by atoms with Crippen molar-refractivity contribution in [1.82, 2.24) is 15.5 Å². The van der Waals surface area contributed by atoms with Crippen molar-refractivity contribution >= 4 is 17.0 Å². The highest BCUT2D eigenvalue weighted by atomic mass is 16.5. The van der Waals surface area contributed by atoms with Crippen molar-refractivity contribution in [3.63, 3.8) is 0 Å². The van der Waals surface area contributed by atoms with E-state index in [9.17, 15) is 9.90 Å². The van der Waals surface area contributed by atoms with Crippen LogP contribution in [0.1, 0.15) is 42.7 Å². The Morgan fingerprint density at radius 1 is 1.45 bits per heavy atom. The molecule has 0 aliphatic heterocycles. The van der Waals surface area contributed by atoms with Crippen molar-refractivity contribution in [2.45, 2.75) is 39.2 Å². The van der Waals surface area contributed by atoms with Crippen molar-refractivity contribution < 1.29 is 14.4 Å². The van der Waals surface area contributed by atoms with Crippen molar-refractivity contribution in [3.8, 4) is 0 Å². The van der Waals surface area contributed by atoms with Gasteiger partial charge in [0.05, 0.1) is 28.8 Å². The molecule has 0 spiro atoms. The van der Waals surface area contributed by atoms with E-state index in [1.54, 1.807) is 13.0 Å². The summed E-state index contributed by atoms with van der Waals surface area (Å²) >= 11 is 0. The van der Waals surface area contributed by atoms with Crippen molar-refractivity contribution in [2.75, 3.05) is 6.61 Å². The highest BCUT2D eigenvalue weighted by Crippen LogP contribution is 2.19. The molecule has 2 aromatic rings. The first-order chi connectivity index (χ1) is 9.55. The second kappa shape index (κ2) is 5.58. The molecule has 0 saturated carbocycles. The standard InChI is InChI=1S/C14H19N3O3/c1-4-14(5-2,8-18)16-12(19)10-6-11-9(3)17-20-13(11)15-7-10/h6-7,18H,4-5,8H2,1-3H3,(H,16,19). The maximum absolute atomic E-state index is 12.3. The van der Waals surface area contributed by atoms with Gasteiger partial charge in [-0.25, -0.2) is 4.98 Å². The Morgan fingerprint density at radius 3 is 2.75 bits per heavy atom. The summed E-state index contributed by atoms with van der Waals surface area (Å²) in [5.41, 5.74) is 0.957. The molecule has 20 heavy (non-hydrogen) atoms. The van der Waals surface area contributed by atoms with E-state index in [-0.39, 0.29) is 12.5 Å². The molecule has 0 aromatic carbocycles. The average molecular weight is 277 g/mol. The number of nitrogens with one attached hydrogen (secondary N) is 1. The lowest BCUT2D eigenvalue weighted by Crippen LogP contribution is -2.50. The molecule has 2 rings (SSSR count). The molecule has 2 aromatic heterocycles. The molecule has 6 heteroatoms. The molecular formula is C14H19N3O3. The Balaban J connectivity index is 2.29. The maximum atomic E-state index is 12.3. The number of amides is 1. The minimum absolute atomic E-state index is 0.0896. The molecule has 1 amide bonds. The molecule has 0 aliphatic rings. The van der Waals surface area contributed by atoms with Crippen molar-refractivity contribution in [2.24, 2.45) is 0 Å². The third-order valence-corrected chi connectivity index (χ3v) is 3.81. The van der Waals surface area contributed by atoms with Crippen LogP contribution in [0, 0.1) is 6.92 Å². The fourth-order valence-electron chi connectivity index (χ4n) is 2.07. The molecular weight excluding hydrogens is 258 g/mol. The average Bonchev–Trinajstić information content (AvgIpc) is 2.86. The molecule has 2 N–H and O–H groups in total. The van der Waals surface area contributed by atoms with Crippen LogP contribution in [-0.4, -0.2) is 33.3 Å². The molecule has 108 valence electrons. The zero-order valence-electron chi connectivity index (χ0n) is 11.9. The number of fused-ring (bicyclic) bond motifs is 1. The number of rotatable bonds is 5. The number of aliphatic hydroxyl groups excluding tert-OH is 1. The van der Waals surface area contributed by atoms with Crippen LogP contribution in [0.25, 0.3) is 11.1 Å². The van der Waals surface area contributed by atoms with Gasteiger partial charge < -0.3 is 14.9 Å². The van der Waals surface area contributed by atoms with E-state index >= 15 is 0 Å². The molecule has 0 aliphatic carbocycles. The summed E-state index contributed by atoms with van der Waals surface area (Å²) in [6.07, 6.45) is 2.77. The van der Waals surface area contributed by atoms with Crippen LogP contribution >= 0.6 is 0 Å². The molecule has 0 atom stereocenters. The van der Waals surface area contributed by atoms with E-state index in [1.165, 1.54) is 6.20 Å². The lowest BCUT2D eigenvalue weighted by Gasteiger charge is -2.30. The highest BCUT2D eigenvalue weighted by Gasteiger charge is 2.27. The third-order valence-electron chi connectivity index (χ3n) is 3.81. The van der Waals surface area contributed by atoms with Crippen LogP contribution in [0.3, 0.4) is 0 Å². The lowest BCUT2D eigenvalue weighted by atomic mass is 9.93. The van der Waals surface area contributed by atoms with Gasteiger partial charge in [-0.1, -0.05) is 19.0 Å². The molecule has 0 bridgehead atoms. The van der Waals surface area contributed by atoms with Crippen LogP contribution < -0.4 is 5.32 Å². The number of aliphatic hydroxyl groups is 1. The summed E-state index contributed by atoms with van der Waals surface area (Å²) in [5, 5.41) is 16.9. The molecule has 2 heterocycles. The summed E-state index contributed by atoms with van der Waals surface area (Å²) in [7, 11) is 0. The fourth-order valence-corrected chi connectivity index (χ4v) is 2.07. The van der Waals surface area contributed by atoms with Crippen LogP contribution in [0.5, 0.6) is 0 Å². The van der Waals surface area contributed by atoms with E-state index in [2.05, 4.69) is 15.5 Å². The zero-order valence-corrected chi connectivity index (χ0v) is 11.9. The van der Waals surface area contributed by atoms with Gasteiger partial charge >= 0.3 is 0 Å². The van der Waals surface area contributed by atoms with E-state index in [1.807, 2.05) is 13.8 Å². The molecule has 0 radical (unpaired) electrons. The van der Waals surface area contributed by atoms with Gasteiger partial charge in [0.2, 0.25) is 0 Å². The molecule has 0 unspecified atom stereocenters. The number of aryl methyl sites for hydroxylation is 1. The monoisotopic (exact) mass is 277 g/mol. The Hall–Kier alpha value is -1.95. The van der Waals surface area contributed by atoms with Crippen LogP contribution in [0.4, 0.5) is 0 Å². The summed E-state index contributed by atoms with van der Waals surface area (Å²) in [6.45, 7) is 5.58. The SMILES string of the molecule is CCC(CC)(CO)NC(=O)c1cnc2onc(C)c2c1. The minimum atomic E-state index is -0.588. The Labute approximate surface area is 117 Å². The number of carbonyl (C=O) groups is 1. The first-order valence-corrected chi connectivity index (χ1v) is 6.70. The second-order valence-electron chi connectivity index (χ2n) is 4.94. The van der Waals surface area contributed by atoms with Crippen LogP contribution in [0.2, 0.25) is 0 Å². The van der Waals surface area contributed by atoms with Gasteiger partial charge in [-0.15, -0.1) is 0 Å². The smallest absolute Gasteiger partial charge is 0.257 e. The van der Waals surface area contributed by atoms with Crippen molar-refractivity contribution in [3.05, 3.63) is 23.5 Å². The van der Waals surface area contributed by atoms with Crippen LogP contribution in [-0.2, 0) is 0 Å². The molecule has 6 nitrogen and oxygen atoms in total. The Kier molecular flexibility index (Phi) is 4.04. The summed E-state index contributed by atoms with van der Waals surface area (Å²) < 4.78 is 5.02. The first-order valence-electron chi connectivity index (χ1n) is 6.70. The minimum Gasteiger partial charge on any atom is -0.394 e. The summed E-state index contributed by atoms with van der Waals surface area (Å²) in [6, 6.07) is 1.71.